The van der Waals surface area contributed by atoms with Crippen LogP contribution < -0.4 is 0 Å². The Labute approximate surface area is 262 Å². The van der Waals surface area contributed by atoms with Crippen molar-refractivity contribution in [3.05, 3.63) is 132 Å². The van der Waals surface area contributed by atoms with Crippen LogP contribution in [0.25, 0.3) is 43.8 Å². The fourth-order valence-electron chi connectivity index (χ4n) is 5.73. The van der Waals surface area contributed by atoms with Crippen LogP contribution in [0.15, 0.2) is 131 Å². The van der Waals surface area contributed by atoms with E-state index in [1.54, 1.807) is 23.5 Å². The zero-order valence-corrected chi connectivity index (χ0v) is 26.2. The van der Waals surface area contributed by atoms with Gasteiger partial charge in [-0.15, -0.1) is 23.5 Å². The molecule has 0 spiro atoms. The third-order valence-electron chi connectivity index (χ3n) is 8.22. The molecule has 0 atom stereocenters. The van der Waals surface area contributed by atoms with Gasteiger partial charge in [0.2, 0.25) is 0 Å². The lowest BCUT2D eigenvalue weighted by atomic mass is 9.76. The molecule has 0 heterocycles. The van der Waals surface area contributed by atoms with Crippen molar-refractivity contribution in [3.63, 3.8) is 0 Å². The third-order valence-corrected chi connectivity index (χ3v) is 10.3. The van der Waals surface area contributed by atoms with E-state index in [1.807, 2.05) is 0 Å². The normalized spacial score (nSPS) is 11.8. The van der Waals surface area contributed by atoms with Gasteiger partial charge in [-0.1, -0.05) is 98.8 Å². The van der Waals surface area contributed by atoms with E-state index in [1.165, 1.54) is 64.7 Å². The molecule has 6 aromatic carbocycles. The molecule has 0 unspecified atom stereocenters. The Morgan fingerprint density at radius 1 is 0.488 bits per heavy atom. The zero-order valence-electron chi connectivity index (χ0n) is 24.6. The Morgan fingerprint density at radius 2 is 0.907 bits per heavy atom. The molecule has 0 bridgehead atoms. The number of aliphatic hydroxyl groups is 2. The van der Waals surface area contributed by atoms with Gasteiger partial charge in [-0.05, 0) is 91.3 Å². The van der Waals surface area contributed by atoms with Crippen molar-refractivity contribution in [1.82, 2.24) is 0 Å². The summed E-state index contributed by atoms with van der Waals surface area (Å²) >= 11 is 3.40. The van der Waals surface area contributed by atoms with Crippen LogP contribution in [-0.2, 0) is 5.41 Å². The lowest BCUT2D eigenvalue weighted by molar-refractivity contribution is 0.322. The Morgan fingerprint density at radius 3 is 1.33 bits per heavy atom. The number of fused-ring (bicyclic) bond motifs is 2. The summed E-state index contributed by atoms with van der Waals surface area (Å²) in [6.07, 6.45) is 0. The first-order valence-electron chi connectivity index (χ1n) is 14.7. The molecule has 216 valence electrons. The van der Waals surface area contributed by atoms with Crippen molar-refractivity contribution in [3.8, 4) is 22.3 Å². The Bertz CT molecular complexity index is 1760. The van der Waals surface area contributed by atoms with Gasteiger partial charge < -0.3 is 10.2 Å². The minimum Gasteiger partial charge on any atom is -0.396 e. The SMILES string of the molecule is CC(C)(c1ccc(SCCO)c(-c2ccc3ccccc3c2)c1)c1ccc(SCCO)c(-c2ccc3ccccc3c2)c1. The van der Waals surface area contributed by atoms with E-state index in [9.17, 15) is 10.2 Å². The predicted octanol–water partition coefficient (Wildman–Crippen LogP) is 9.82. The first-order valence-corrected chi connectivity index (χ1v) is 16.7. The molecule has 0 aliphatic rings. The molecule has 0 aliphatic carbocycles. The maximum atomic E-state index is 9.58. The molecule has 2 nitrogen and oxygen atoms in total. The molecular formula is C39H36O2S2. The van der Waals surface area contributed by atoms with Crippen LogP contribution in [0.5, 0.6) is 0 Å². The topological polar surface area (TPSA) is 40.5 Å². The molecule has 0 aliphatic heterocycles. The van der Waals surface area contributed by atoms with Crippen LogP contribution in [-0.4, -0.2) is 34.9 Å². The van der Waals surface area contributed by atoms with Crippen molar-refractivity contribution in [1.29, 1.82) is 0 Å². The second-order valence-corrected chi connectivity index (χ2v) is 13.6. The van der Waals surface area contributed by atoms with E-state index in [0.29, 0.717) is 11.5 Å². The fraction of sp³-hybridized carbons (Fsp3) is 0.179. The van der Waals surface area contributed by atoms with Crippen LogP contribution in [0.3, 0.4) is 0 Å². The Hall–Kier alpha value is -3.54. The van der Waals surface area contributed by atoms with E-state index in [0.717, 1.165) is 0 Å². The first kappa shape index (κ1) is 29.5. The minimum absolute atomic E-state index is 0.146. The molecule has 0 amide bonds. The van der Waals surface area contributed by atoms with E-state index in [-0.39, 0.29) is 18.6 Å². The average Bonchev–Trinajstić information content (AvgIpc) is 3.05. The van der Waals surface area contributed by atoms with Gasteiger partial charge in [0.15, 0.2) is 0 Å². The maximum Gasteiger partial charge on any atom is 0.0525 e. The highest BCUT2D eigenvalue weighted by atomic mass is 32.2. The standard InChI is InChI=1S/C39H36O2S2/c1-39(2,33-15-17-37(42-21-19-40)35(25-33)31-13-11-27-7-3-5-9-29(27)23-31)34-16-18-38(43-22-20-41)36(26-34)32-14-12-28-8-4-6-10-30(28)24-32/h3-18,23-26,40-41H,19-22H2,1-2H3. The van der Waals surface area contributed by atoms with Crippen molar-refractivity contribution >= 4 is 45.1 Å². The summed E-state index contributed by atoms with van der Waals surface area (Å²) in [7, 11) is 0. The number of rotatable bonds is 10. The summed E-state index contributed by atoms with van der Waals surface area (Å²) in [4.78, 5) is 2.35. The van der Waals surface area contributed by atoms with Gasteiger partial charge in [0, 0.05) is 26.7 Å². The summed E-state index contributed by atoms with van der Waals surface area (Å²) in [6, 6.07) is 43.9. The van der Waals surface area contributed by atoms with E-state index in [2.05, 4.69) is 135 Å². The highest BCUT2D eigenvalue weighted by Gasteiger charge is 2.26. The number of aliphatic hydroxyl groups excluding tert-OH is 2. The summed E-state index contributed by atoms with van der Waals surface area (Å²) < 4.78 is 0. The Kier molecular flexibility index (Phi) is 8.92. The summed E-state index contributed by atoms with van der Waals surface area (Å²) in [5.41, 5.74) is 6.97. The summed E-state index contributed by atoms with van der Waals surface area (Å²) in [5, 5.41) is 24.1. The highest BCUT2D eigenvalue weighted by Crippen LogP contribution is 2.42. The van der Waals surface area contributed by atoms with Gasteiger partial charge in [0.05, 0.1) is 13.2 Å². The quantitative estimate of drug-likeness (QED) is 0.154. The molecule has 2 N–H and O–H groups in total. The van der Waals surface area contributed by atoms with Crippen LogP contribution in [0.4, 0.5) is 0 Å². The van der Waals surface area contributed by atoms with E-state index >= 15 is 0 Å². The Balaban J connectivity index is 1.45. The molecule has 0 saturated heterocycles. The fourth-order valence-corrected chi connectivity index (χ4v) is 7.35. The average molecular weight is 601 g/mol. The van der Waals surface area contributed by atoms with Crippen LogP contribution in [0.2, 0.25) is 0 Å². The van der Waals surface area contributed by atoms with Crippen molar-refractivity contribution in [2.45, 2.75) is 29.1 Å². The van der Waals surface area contributed by atoms with Gasteiger partial charge >= 0.3 is 0 Å². The molecule has 43 heavy (non-hydrogen) atoms. The van der Waals surface area contributed by atoms with E-state index in [4.69, 9.17) is 0 Å². The number of hydrogen-bond acceptors (Lipinski definition) is 4. The predicted molar refractivity (Wildman–Crippen MR) is 187 cm³/mol. The second-order valence-electron chi connectivity index (χ2n) is 11.3. The zero-order chi connectivity index (χ0) is 29.8. The number of hydrogen-bond donors (Lipinski definition) is 2. The first-order chi connectivity index (χ1) is 21.0. The largest absolute Gasteiger partial charge is 0.396 e. The number of benzene rings is 6. The number of thioether (sulfide) groups is 2. The van der Waals surface area contributed by atoms with Gasteiger partial charge in [-0.25, -0.2) is 0 Å². The molecule has 0 radical (unpaired) electrons. The minimum atomic E-state index is -0.266. The third kappa shape index (κ3) is 6.25. The smallest absolute Gasteiger partial charge is 0.0525 e. The molecule has 0 aromatic heterocycles. The lowest BCUT2D eigenvalue weighted by Gasteiger charge is -2.29. The maximum absolute atomic E-state index is 9.58. The van der Waals surface area contributed by atoms with Crippen LogP contribution in [0, 0.1) is 0 Å². The van der Waals surface area contributed by atoms with Crippen molar-refractivity contribution in [2.24, 2.45) is 0 Å². The van der Waals surface area contributed by atoms with Crippen molar-refractivity contribution in [2.75, 3.05) is 24.7 Å². The van der Waals surface area contributed by atoms with E-state index < -0.39 is 0 Å². The highest BCUT2D eigenvalue weighted by molar-refractivity contribution is 7.99. The molecule has 0 saturated carbocycles. The summed E-state index contributed by atoms with van der Waals surface area (Å²) in [6.45, 7) is 4.89. The molecule has 0 fully saturated rings. The molecule has 4 heteroatoms. The van der Waals surface area contributed by atoms with Crippen LogP contribution in [0.1, 0.15) is 25.0 Å². The molecule has 6 rings (SSSR count). The van der Waals surface area contributed by atoms with Gasteiger partial charge in [-0.3, -0.25) is 0 Å². The second kappa shape index (κ2) is 13.0. The monoisotopic (exact) mass is 600 g/mol. The van der Waals surface area contributed by atoms with Gasteiger partial charge in [0.25, 0.3) is 0 Å². The lowest BCUT2D eigenvalue weighted by Crippen LogP contribution is -2.19. The summed E-state index contributed by atoms with van der Waals surface area (Å²) in [5.74, 6) is 1.32. The molecule has 6 aromatic rings. The van der Waals surface area contributed by atoms with Crippen molar-refractivity contribution < 1.29 is 10.2 Å². The molecular weight excluding hydrogens is 565 g/mol. The van der Waals surface area contributed by atoms with Gasteiger partial charge in [-0.2, -0.15) is 0 Å². The van der Waals surface area contributed by atoms with Crippen LogP contribution >= 0.6 is 23.5 Å². The van der Waals surface area contributed by atoms with Gasteiger partial charge in [0.1, 0.15) is 0 Å².